The Morgan fingerprint density at radius 2 is 1.33 bits per heavy atom. The van der Waals surface area contributed by atoms with Gasteiger partial charge in [0.2, 0.25) is 0 Å². The average molecular weight is 335 g/mol. The molecule has 3 heteroatoms. The summed E-state index contributed by atoms with van der Waals surface area (Å²) >= 11 is 3.64. The summed E-state index contributed by atoms with van der Waals surface area (Å²) in [7, 11) is 0. The molecule has 1 heterocycles. The van der Waals surface area contributed by atoms with Crippen LogP contribution in [0, 0.1) is 0 Å². The van der Waals surface area contributed by atoms with Crippen molar-refractivity contribution >= 4 is 27.0 Å². The lowest BCUT2D eigenvalue weighted by molar-refractivity contribution is 0.601. The van der Waals surface area contributed by atoms with Crippen molar-refractivity contribution in [2.75, 3.05) is 0 Å². The van der Waals surface area contributed by atoms with Crippen molar-refractivity contribution in [1.82, 2.24) is 0 Å². The van der Waals surface area contributed by atoms with Gasteiger partial charge in [0, 0.05) is 11.1 Å². The molecule has 0 saturated heterocycles. The molecule has 0 bridgehead atoms. The highest BCUT2D eigenvalue weighted by Crippen LogP contribution is 2.41. The maximum atomic E-state index is 6.16. The minimum Gasteiger partial charge on any atom is -0.545 e. The smallest absolute Gasteiger partial charge is 0.471 e. The number of para-hydroxylation sites is 1. The third-order valence-electron chi connectivity index (χ3n) is 3.82. The molecule has 0 spiro atoms. The van der Waals surface area contributed by atoms with Gasteiger partial charge in [0.25, 0.3) is 0 Å². The van der Waals surface area contributed by atoms with Gasteiger partial charge in [-0.3, -0.25) is 0 Å². The lowest BCUT2D eigenvalue weighted by Crippen LogP contribution is -2.35. The van der Waals surface area contributed by atoms with E-state index in [1.807, 2.05) is 12.1 Å². The molecule has 0 atom stereocenters. The molecule has 21 heavy (non-hydrogen) atoms. The molecule has 0 aromatic heterocycles. The first kappa shape index (κ1) is 12.7. The summed E-state index contributed by atoms with van der Waals surface area (Å²) in [6, 6.07) is 25.1. The third kappa shape index (κ3) is 2.09. The maximum Gasteiger partial charge on any atom is 0.471 e. The van der Waals surface area contributed by atoms with E-state index in [-0.39, 0.29) is 5.74 Å². The molecule has 0 aliphatic carbocycles. The monoisotopic (exact) mass is 334 g/mol. The first-order chi connectivity index (χ1) is 10.3. The van der Waals surface area contributed by atoms with E-state index < -0.39 is 0 Å². The van der Waals surface area contributed by atoms with Crippen LogP contribution in [0.3, 0.4) is 0 Å². The van der Waals surface area contributed by atoms with Gasteiger partial charge in [0.1, 0.15) is 5.75 Å². The third-order valence-corrected chi connectivity index (χ3v) is 4.50. The summed E-state index contributed by atoms with van der Waals surface area (Å²) in [4.78, 5) is 0. The fourth-order valence-electron chi connectivity index (χ4n) is 2.83. The van der Waals surface area contributed by atoms with Crippen molar-refractivity contribution < 1.29 is 4.65 Å². The van der Waals surface area contributed by atoms with Gasteiger partial charge in [-0.2, -0.15) is 0 Å². The fraction of sp³-hybridized carbons (Fsp3) is 0. The van der Waals surface area contributed by atoms with Crippen LogP contribution >= 0.6 is 15.8 Å². The standard InChI is InChI=1S/C18H12BBrO/c20-19-17-12-5-4-9-15(17)16-11-6-10-14(18(16)21-19)13-7-2-1-3-8-13/h1-12H. The molecule has 1 aliphatic heterocycles. The number of halogens is 1. The van der Waals surface area contributed by atoms with Crippen LogP contribution < -0.4 is 10.1 Å². The highest BCUT2D eigenvalue weighted by Gasteiger charge is 2.29. The topological polar surface area (TPSA) is 9.23 Å². The van der Waals surface area contributed by atoms with Crippen LogP contribution in [0.25, 0.3) is 22.3 Å². The van der Waals surface area contributed by atoms with E-state index in [0.717, 1.165) is 16.9 Å². The summed E-state index contributed by atoms with van der Waals surface area (Å²) in [6.07, 6.45) is 0. The molecule has 0 unspecified atom stereocenters. The summed E-state index contributed by atoms with van der Waals surface area (Å²) < 4.78 is 6.16. The zero-order chi connectivity index (χ0) is 14.2. The highest BCUT2D eigenvalue weighted by molar-refractivity contribution is 9.24. The molecule has 1 nitrogen and oxygen atoms in total. The van der Waals surface area contributed by atoms with Crippen molar-refractivity contribution in [3.63, 3.8) is 0 Å². The molecule has 100 valence electrons. The Labute approximate surface area is 132 Å². The Morgan fingerprint density at radius 1 is 0.667 bits per heavy atom. The molecule has 3 aromatic rings. The van der Waals surface area contributed by atoms with Gasteiger partial charge >= 0.3 is 5.74 Å². The fourth-order valence-corrected chi connectivity index (χ4v) is 3.41. The van der Waals surface area contributed by atoms with E-state index >= 15 is 0 Å². The molecule has 1 aliphatic rings. The zero-order valence-electron chi connectivity index (χ0n) is 11.3. The van der Waals surface area contributed by atoms with Gasteiger partial charge in [-0.25, -0.2) is 0 Å². The van der Waals surface area contributed by atoms with E-state index in [1.54, 1.807) is 0 Å². The molecule has 0 N–H and O–H groups in total. The Morgan fingerprint density at radius 3 is 2.19 bits per heavy atom. The average Bonchev–Trinajstić information content (AvgIpc) is 2.56. The van der Waals surface area contributed by atoms with Crippen molar-refractivity contribution in [3.05, 3.63) is 72.8 Å². The molecule has 4 rings (SSSR count). The van der Waals surface area contributed by atoms with Gasteiger partial charge < -0.3 is 4.65 Å². The second-order valence-electron chi connectivity index (χ2n) is 5.07. The molecular weight excluding hydrogens is 323 g/mol. The van der Waals surface area contributed by atoms with Crippen LogP contribution in [0.2, 0.25) is 0 Å². The van der Waals surface area contributed by atoms with Gasteiger partial charge in [0.05, 0.1) is 0 Å². The first-order valence-electron chi connectivity index (χ1n) is 6.93. The normalized spacial score (nSPS) is 12.3. The lowest BCUT2D eigenvalue weighted by atomic mass is 9.77. The van der Waals surface area contributed by atoms with Gasteiger partial charge in [-0.05, 0) is 16.6 Å². The SMILES string of the molecule is BrB1Oc2c(-c3ccccc3)cccc2-c2ccccc21. The Kier molecular flexibility index (Phi) is 3.08. The second-order valence-corrected chi connectivity index (χ2v) is 5.90. The Balaban J connectivity index is 1.97. The minimum atomic E-state index is -0.105. The summed E-state index contributed by atoms with van der Waals surface area (Å²) in [5, 5.41) is 0. The summed E-state index contributed by atoms with van der Waals surface area (Å²) in [5.41, 5.74) is 5.77. The van der Waals surface area contributed by atoms with E-state index in [4.69, 9.17) is 4.65 Å². The van der Waals surface area contributed by atoms with E-state index in [0.29, 0.717) is 0 Å². The quantitative estimate of drug-likeness (QED) is 0.595. The number of hydrogen-bond donors (Lipinski definition) is 0. The summed E-state index contributed by atoms with van der Waals surface area (Å²) in [6.45, 7) is 0. The van der Waals surface area contributed by atoms with Gasteiger partial charge in [-0.1, -0.05) is 88.6 Å². The number of hydrogen-bond acceptors (Lipinski definition) is 1. The predicted molar refractivity (Wildman–Crippen MR) is 92.3 cm³/mol. The molecule has 0 amide bonds. The number of fused-ring (bicyclic) bond motifs is 3. The van der Waals surface area contributed by atoms with Gasteiger partial charge in [-0.15, -0.1) is 0 Å². The molecule has 0 saturated carbocycles. The minimum absolute atomic E-state index is 0.105. The predicted octanol–water partition coefficient (Wildman–Crippen LogP) is 4.50. The van der Waals surface area contributed by atoms with Crippen LogP contribution in [0.15, 0.2) is 72.8 Å². The van der Waals surface area contributed by atoms with E-state index in [2.05, 4.69) is 76.4 Å². The van der Waals surface area contributed by atoms with Crippen molar-refractivity contribution in [2.24, 2.45) is 0 Å². The van der Waals surface area contributed by atoms with E-state index in [9.17, 15) is 0 Å². The van der Waals surface area contributed by atoms with Crippen LogP contribution in [0.4, 0.5) is 0 Å². The van der Waals surface area contributed by atoms with Crippen molar-refractivity contribution in [1.29, 1.82) is 0 Å². The molecule has 0 radical (unpaired) electrons. The maximum absolute atomic E-state index is 6.16. The van der Waals surface area contributed by atoms with Gasteiger partial charge in [0.15, 0.2) is 0 Å². The zero-order valence-corrected chi connectivity index (χ0v) is 12.9. The molecular formula is C18H12BBrO. The van der Waals surface area contributed by atoms with E-state index in [1.165, 1.54) is 16.6 Å². The van der Waals surface area contributed by atoms with Crippen LogP contribution in [0.1, 0.15) is 0 Å². The van der Waals surface area contributed by atoms with Crippen LogP contribution in [-0.2, 0) is 0 Å². The molecule has 0 fully saturated rings. The van der Waals surface area contributed by atoms with Crippen LogP contribution in [0.5, 0.6) is 5.75 Å². The largest absolute Gasteiger partial charge is 0.545 e. The van der Waals surface area contributed by atoms with Crippen molar-refractivity contribution in [2.45, 2.75) is 0 Å². The van der Waals surface area contributed by atoms with Crippen molar-refractivity contribution in [3.8, 4) is 28.0 Å². The Hall–Kier alpha value is -2.00. The Bertz CT molecular complexity index is 787. The van der Waals surface area contributed by atoms with Crippen LogP contribution in [-0.4, -0.2) is 5.74 Å². The summed E-state index contributed by atoms with van der Waals surface area (Å²) in [5.74, 6) is 0.948. The highest BCUT2D eigenvalue weighted by atomic mass is 79.9. The second kappa shape index (κ2) is 5.08. The first-order valence-corrected chi connectivity index (χ1v) is 7.84. The lowest BCUT2D eigenvalue weighted by Gasteiger charge is -2.25. The molecule has 3 aromatic carbocycles. The number of rotatable bonds is 1. The number of benzene rings is 3.